The van der Waals surface area contributed by atoms with Crippen molar-refractivity contribution in [3.05, 3.63) is 77.3 Å². The van der Waals surface area contributed by atoms with Gasteiger partial charge < -0.3 is 4.42 Å². The lowest BCUT2D eigenvalue weighted by Crippen LogP contribution is -2.04. The van der Waals surface area contributed by atoms with Crippen molar-refractivity contribution >= 4 is 17.2 Å². The van der Waals surface area contributed by atoms with Crippen molar-refractivity contribution in [3.8, 4) is 11.5 Å². The molecule has 4 aromatic rings. The van der Waals surface area contributed by atoms with E-state index < -0.39 is 0 Å². The van der Waals surface area contributed by atoms with Crippen LogP contribution < -0.4 is 0 Å². The number of carbonyl (C=O) groups is 1. The topological polar surface area (TPSA) is 48.0 Å². The largest absolute Gasteiger partial charge is 0.452 e. The molecule has 0 saturated carbocycles. The number of aryl methyl sites for hydroxylation is 1. The van der Waals surface area contributed by atoms with Crippen LogP contribution in [0.3, 0.4) is 0 Å². The highest BCUT2D eigenvalue weighted by Gasteiger charge is 2.16. The SMILES string of the molecule is Cc1cccc(Cn2nc(-c3ccc(C=O)o3)c3ccccc32)c1F. The Bertz CT molecular complexity index is 1080. The molecule has 0 N–H and O–H groups in total. The van der Waals surface area contributed by atoms with Crippen LogP contribution in [0, 0.1) is 12.7 Å². The summed E-state index contributed by atoms with van der Waals surface area (Å²) >= 11 is 0. The van der Waals surface area contributed by atoms with Gasteiger partial charge in [-0.1, -0.05) is 36.4 Å². The first-order chi connectivity index (χ1) is 12.2. The van der Waals surface area contributed by atoms with Crippen molar-refractivity contribution in [1.82, 2.24) is 9.78 Å². The van der Waals surface area contributed by atoms with Gasteiger partial charge in [-0.2, -0.15) is 5.10 Å². The quantitative estimate of drug-likeness (QED) is 0.512. The number of hydrogen-bond acceptors (Lipinski definition) is 3. The van der Waals surface area contributed by atoms with Crippen LogP contribution in [0.1, 0.15) is 21.7 Å². The van der Waals surface area contributed by atoms with Crippen molar-refractivity contribution in [2.45, 2.75) is 13.5 Å². The van der Waals surface area contributed by atoms with Gasteiger partial charge in [-0.05, 0) is 30.7 Å². The van der Waals surface area contributed by atoms with Crippen LogP contribution in [0.5, 0.6) is 0 Å². The summed E-state index contributed by atoms with van der Waals surface area (Å²) in [5, 5.41) is 5.50. The summed E-state index contributed by atoms with van der Waals surface area (Å²) in [6.45, 7) is 2.06. The Morgan fingerprint density at radius 3 is 2.76 bits per heavy atom. The second-order valence-corrected chi connectivity index (χ2v) is 5.89. The van der Waals surface area contributed by atoms with Crippen LogP contribution in [-0.4, -0.2) is 16.1 Å². The van der Waals surface area contributed by atoms with Gasteiger partial charge in [0.15, 0.2) is 17.8 Å². The Balaban J connectivity index is 1.85. The number of aromatic nitrogens is 2. The van der Waals surface area contributed by atoms with Crippen LogP contribution >= 0.6 is 0 Å². The van der Waals surface area contributed by atoms with Crippen LogP contribution in [0.2, 0.25) is 0 Å². The van der Waals surface area contributed by atoms with Crippen molar-refractivity contribution in [2.24, 2.45) is 0 Å². The van der Waals surface area contributed by atoms with E-state index in [4.69, 9.17) is 4.42 Å². The summed E-state index contributed by atoms with van der Waals surface area (Å²) < 4.78 is 21.6. The molecule has 5 heteroatoms. The summed E-state index contributed by atoms with van der Waals surface area (Å²) in [5.74, 6) is 0.546. The molecule has 0 radical (unpaired) electrons. The number of rotatable bonds is 4. The van der Waals surface area contributed by atoms with Gasteiger partial charge in [0.25, 0.3) is 0 Å². The van der Waals surface area contributed by atoms with Gasteiger partial charge >= 0.3 is 0 Å². The lowest BCUT2D eigenvalue weighted by molar-refractivity contribution is 0.110. The summed E-state index contributed by atoms with van der Waals surface area (Å²) in [4.78, 5) is 10.9. The number of fused-ring (bicyclic) bond motifs is 1. The fraction of sp³-hybridized carbons (Fsp3) is 0.100. The average Bonchev–Trinajstić information content (AvgIpc) is 3.24. The molecule has 124 valence electrons. The lowest BCUT2D eigenvalue weighted by Gasteiger charge is -2.07. The molecular weight excluding hydrogens is 319 g/mol. The van der Waals surface area contributed by atoms with E-state index in [2.05, 4.69) is 5.10 Å². The highest BCUT2D eigenvalue weighted by Crippen LogP contribution is 2.29. The number of aldehydes is 1. The zero-order chi connectivity index (χ0) is 17.4. The second kappa shape index (κ2) is 6.02. The van der Waals surface area contributed by atoms with Gasteiger partial charge in [0.05, 0.1) is 12.1 Å². The van der Waals surface area contributed by atoms with E-state index >= 15 is 0 Å². The van der Waals surface area contributed by atoms with E-state index in [1.54, 1.807) is 35.9 Å². The molecule has 0 aliphatic carbocycles. The third-order valence-electron chi connectivity index (χ3n) is 4.23. The molecule has 0 unspecified atom stereocenters. The van der Waals surface area contributed by atoms with E-state index in [1.165, 1.54) is 0 Å². The van der Waals surface area contributed by atoms with Crippen molar-refractivity contribution in [2.75, 3.05) is 0 Å². The van der Waals surface area contributed by atoms with Gasteiger partial charge in [0, 0.05) is 10.9 Å². The Labute approximate surface area is 143 Å². The first-order valence-corrected chi connectivity index (χ1v) is 7.92. The van der Waals surface area contributed by atoms with Crippen LogP contribution in [-0.2, 0) is 6.54 Å². The zero-order valence-electron chi connectivity index (χ0n) is 13.6. The predicted molar refractivity (Wildman–Crippen MR) is 93.1 cm³/mol. The van der Waals surface area contributed by atoms with E-state index in [1.807, 2.05) is 30.3 Å². The van der Waals surface area contributed by atoms with E-state index in [-0.39, 0.29) is 11.6 Å². The van der Waals surface area contributed by atoms with Gasteiger partial charge in [-0.3, -0.25) is 9.48 Å². The molecule has 4 rings (SSSR count). The summed E-state index contributed by atoms with van der Waals surface area (Å²) in [6, 6.07) is 16.4. The first kappa shape index (κ1) is 15.3. The summed E-state index contributed by atoms with van der Waals surface area (Å²) in [6.07, 6.45) is 0.658. The maximum atomic E-state index is 14.4. The zero-order valence-corrected chi connectivity index (χ0v) is 13.6. The maximum Gasteiger partial charge on any atom is 0.185 e. The minimum atomic E-state index is -0.218. The standard InChI is InChI=1S/C20H15FN2O2/c1-13-5-4-6-14(19(13)21)11-23-17-8-3-2-7-16(17)20(22-23)18-10-9-15(12-24)25-18/h2-10,12H,11H2,1H3. The number of nitrogens with zero attached hydrogens (tertiary/aromatic N) is 2. The highest BCUT2D eigenvalue weighted by molar-refractivity contribution is 5.92. The summed E-state index contributed by atoms with van der Waals surface area (Å²) in [7, 11) is 0. The smallest absolute Gasteiger partial charge is 0.185 e. The molecule has 0 aliphatic heterocycles. The van der Waals surface area contributed by atoms with E-state index in [9.17, 15) is 9.18 Å². The molecule has 0 fully saturated rings. The number of carbonyl (C=O) groups excluding carboxylic acids is 1. The third-order valence-corrected chi connectivity index (χ3v) is 4.23. The molecule has 2 heterocycles. The Hall–Kier alpha value is -3.21. The number of benzene rings is 2. The maximum absolute atomic E-state index is 14.4. The van der Waals surface area contributed by atoms with Crippen molar-refractivity contribution in [3.63, 3.8) is 0 Å². The predicted octanol–water partition coefficient (Wildman–Crippen LogP) is 4.60. The lowest BCUT2D eigenvalue weighted by atomic mass is 10.1. The molecule has 0 bridgehead atoms. The highest BCUT2D eigenvalue weighted by atomic mass is 19.1. The molecule has 0 amide bonds. The third kappa shape index (κ3) is 2.63. The molecule has 0 aliphatic rings. The van der Waals surface area contributed by atoms with Gasteiger partial charge in [0.2, 0.25) is 0 Å². The molecule has 2 aromatic carbocycles. The van der Waals surface area contributed by atoms with Crippen LogP contribution in [0.25, 0.3) is 22.4 Å². The molecule has 0 saturated heterocycles. The van der Waals surface area contributed by atoms with E-state index in [0.29, 0.717) is 35.4 Å². The number of hydrogen-bond donors (Lipinski definition) is 0. The molecule has 0 atom stereocenters. The molecule has 4 nitrogen and oxygen atoms in total. The van der Waals surface area contributed by atoms with Crippen LogP contribution in [0.15, 0.2) is 59.0 Å². The van der Waals surface area contributed by atoms with Gasteiger partial charge in [-0.25, -0.2) is 4.39 Å². The monoisotopic (exact) mass is 334 g/mol. The number of halogens is 1. The Kier molecular flexibility index (Phi) is 3.69. The second-order valence-electron chi connectivity index (χ2n) is 5.89. The van der Waals surface area contributed by atoms with Crippen LogP contribution in [0.4, 0.5) is 4.39 Å². The van der Waals surface area contributed by atoms with Gasteiger partial charge in [0.1, 0.15) is 11.5 Å². The van der Waals surface area contributed by atoms with Crippen molar-refractivity contribution in [1.29, 1.82) is 0 Å². The minimum absolute atomic E-state index is 0.218. The number of furan rings is 1. The number of para-hydroxylation sites is 1. The normalized spacial score (nSPS) is 11.1. The fourth-order valence-corrected chi connectivity index (χ4v) is 2.97. The minimum Gasteiger partial charge on any atom is -0.452 e. The molecule has 25 heavy (non-hydrogen) atoms. The van der Waals surface area contributed by atoms with Crippen molar-refractivity contribution < 1.29 is 13.6 Å². The first-order valence-electron chi connectivity index (χ1n) is 7.92. The van der Waals surface area contributed by atoms with E-state index in [0.717, 1.165) is 10.9 Å². The molecule has 0 spiro atoms. The average molecular weight is 334 g/mol. The summed E-state index contributed by atoms with van der Waals surface area (Å²) in [5.41, 5.74) is 2.70. The molecular formula is C20H15FN2O2. The van der Waals surface area contributed by atoms with Gasteiger partial charge in [-0.15, -0.1) is 0 Å². The Morgan fingerprint density at radius 2 is 1.96 bits per heavy atom. The Morgan fingerprint density at radius 1 is 1.12 bits per heavy atom. The fourth-order valence-electron chi connectivity index (χ4n) is 2.97. The molecule has 2 aromatic heterocycles.